The zero-order valence-corrected chi connectivity index (χ0v) is 14.5. The Kier molecular flexibility index (Phi) is 4.82. The van der Waals surface area contributed by atoms with E-state index in [9.17, 15) is 0 Å². The first-order valence-corrected chi connectivity index (χ1v) is 8.72. The van der Waals surface area contributed by atoms with Crippen molar-refractivity contribution in [2.45, 2.75) is 11.4 Å². The maximum Gasteiger partial charge on any atom is 0.223 e. The van der Waals surface area contributed by atoms with Gasteiger partial charge in [-0.25, -0.2) is 0 Å². The Bertz CT molecular complexity index is 831. The molecule has 0 spiro atoms. The monoisotopic (exact) mass is 361 g/mol. The van der Waals surface area contributed by atoms with Crippen LogP contribution in [0.4, 0.5) is 11.9 Å². The molecule has 0 atom stereocenters. The molecular formula is C16H16ClN5OS. The van der Waals surface area contributed by atoms with Crippen molar-refractivity contribution in [1.29, 1.82) is 0 Å². The van der Waals surface area contributed by atoms with Gasteiger partial charge in [0.25, 0.3) is 0 Å². The fourth-order valence-corrected chi connectivity index (χ4v) is 2.84. The van der Waals surface area contributed by atoms with Crippen LogP contribution >= 0.6 is 23.4 Å². The van der Waals surface area contributed by atoms with Gasteiger partial charge in [-0.1, -0.05) is 17.7 Å². The lowest BCUT2D eigenvalue weighted by molar-refractivity contribution is 0.474. The summed E-state index contributed by atoms with van der Waals surface area (Å²) < 4.78 is 7.56. The molecule has 0 radical (unpaired) electrons. The molecule has 0 aliphatic heterocycles. The number of benzene rings is 2. The van der Waals surface area contributed by atoms with Crippen LogP contribution < -0.4 is 16.2 Å². The van der Waals surface area contributed by atoms with Crippen LogP contribution in [0.3, 0.4) is 0 Å². The molecule has 0 saturated heterocycles. The molecular weight excluding hydrogens is 346 g/mol. The molecule has 0 saturated carbocycles. The summed E-state index contributed by atoms with van der Waals surface area (Å²) in [7, 11) is 0. The number of nitrogen functional groups attached to an aromatic ring is 2. The SMILES string of the molecule is CSc1ccc(Oc2cccc(Cl)c2Cn2c(N)nnc2N)cc1. The van der Waals surface area contributed by atoms with E-state index in [1.54, 1.807) is 22.4 Å². The van der Waals surface area contributed by atoms with E-state index >= 15 is 0 Å². The van der Waals surface area contributed by atoms with E-state index in [-0.39, 0.29) is 11.9 Å². The minimum Gasteiger partial charge on any atom is -0.457 e. The minimum absolute atomic E-state index is 0.225. The van der Waals surface area contributed by atoms with Crippen molar-refractivity contribution in [3.63, 3.8) is 0 Å². The van der Waals surface area contributed by atoms with Crippen LogP contribution in [0.1, 0.15) is 5.56 Å². The van der Waals surface area contributed by atoms with Gasteiger partial charge in [-0.15, -0.1) is 22.0 Å². The zero-order chi connectivity index (χ0) is 17.1. The van der Waals surface area contributed by atoms with Crippen molar-refractivity contribution in [1.82, 2.24) is 14.8 Å². The molecule has 24 heavy (non-hydrogen) atoms. The smallest absolute Gasteiger partial charge is 0.223 e. The number of ether oxygens (including phenoxy) is 1. The predicted molar refractivity (Wildman–Crippen MR) is 97.7 cm³/mol. The Morgan fingerprint density at radius 2 is 1.75 bits per heavy atom. The summed E-state index contributed by atoms with van der Waals surface area (Å²) in [6.07, 6.45) is 2.03. The third kappa shape index (κ3) is 3.42. The summed E-state index contributed by atoms with van der Waals surface area (Å²) >= 11 is 8.02. The molecule has 0 aliphatic carbocycles. The fourth-order valence-electron chi connectivity index (χ4n) is 2.21. The van der Waals surface area contributed by atoms with Gasteiger partial charge in [0.15, 0.2) is 0 Å². The topological polar surface area (TPSA) is 92.0 Å². The highest BCUT2D eigenvalue weighted by Crippen LogP contribution is 2.32. The first kappa shape index (κ1) is 16.5. The molecule has 1 aromatic heterocycles. The van der Waals surface area contributed by atoms with Crippen molar-refractivity contribution in [3.05, 3.63) is 53.1 Å². The largest absolute Gasteiger partial charge is 0.457 e. The average Bonchev–Trinajstić information content (AvgIpc) is 2.90. The van der Waals surface area contributed by atoms with Crippen molar-refractivity contribution in [2.75, 3.05) is 17.7 Å². The first-order valence-electron chi connectivity index (χ1n) is 7.12. The van der Waals surface area contributed by atoms with Crippen LogP contribution in [0.5, 0.6) is 11.5 Å². The molecule has 3 rings (SSSR count). The second kappa shape index (κ2) is 7.02. The van der Waals surface area contributed by atoms with Gasteiger partial charge in [0.1, 0.15) is 11.5 Å². The van der Waals surface area contributed by atoms with Gasteiger partial charge in [-0.05, 0) is 42.7 Å². The van der Waals surface area contributed by atoms with Crippen LogP contribution in [0.25, 0.3) is 0 Å². The molecule has 3 aromatic rings. The Hall–Kier alpha value is -2.38. The number of hydrogen-bond acceptors (Lipinski definition) is 6. The number of nitrogens with zero attached hydrogens (tertiary/aromatic N) is 3. The van der Waals surface area contributed by atoms with E-state index in [1.165, 1.54) is 4.90 Å². The van der Waals surface area contributed by atoms with E-state index in [2.05, 4.69) is 10.2 Å². The van der Waals surface area contributed by atoms with Gasteiger partial charge in [-0.3, -0.25) is 4.57 Å². The Morgan fingerprint density at radius 3 is 2.38 bits per heavy atom. The lowest BCUT2D eigenvalue weighted by Gasteiger charge is -2.14. The summed E-state index contributed by atoms with van der Waals surface area (Å²) in [5.41, 5.74) is 12.3. The molecule has 8 heteroatoms. The quantitative estimate of drug-likeness (QED) is 0.674. The lowest BCUT2D eigenvalue weighted by Crippen LogP contribution is -2.09. The number of anilines is 2. The van der Waals surface area contributed by atoms with E-state index in [0.717, 1.165) is 11.3 Å². The van der Waals surface area contributed by atoms with Crippen molar-refractivity contribution < 1.29 is 4.74 Å². The molecule has 1 heterocycles. The third-order valence-corrected chi connectivity index (χ3v) is 4.59. The summed E-state index contributed by atoms with van der Waals surface area (Å²) in [6, 6.07) is 13.3. The van der Waals surface area contributed by atoms with E-state index in [1.807, 2.05) is 42.7 Å². The summed E-state index contributed by atoms with van der Waals surface area (Å²) in [4.78, 5) is 1.17. The Balaban J connectivity index is 1.92. The lowest BCUT2D eigenvalue weighted by atomic mass is 10.2. The molecule has 0 bridgehead atoms. The van der Waals surface area contributed by atoms with E-state index < -0.39 is 0 Å². The van der Waals surface area contributed by atoms with Gasteiger partial charge in [-0.2, -0.15) is 0 Å². The van der Waals surface area contributed by atoms with Crippen LogP contribution in [-0.4, -0.2) is 21.0 Å². The second-order valence-corrected chi connectivity index (χ2v) is 6.28. The number of rotatable bonds is 5. The average molecular weight is 362 g/mol. The number of halogens is 1. The molecule has 124 valence electrons. The number of nitrogens with two attached hydrogens (primary N) is 2. The van der Waals surface area contributed by atoms with Crippen LogP contribution in [0.2, 0.25) is 5.02 Å². The molecule has 0 amide bonds. The predicted octanol–water partition coefficient (Wildman–Crippen LogP) is 3.66. The third-order valence-electron chi connectivity index (χ3n) is 3.49. The molecule has 0 fully saturated rings. The molecule has 0 aliphatic rings. The van der Waals surface area contributed by atoms with Gasteiger partial charge < -0.3 is 16.2 Å². The Morgan fingerprint density at radius 1 is 1.08 bits per heavy atom. The molecule has 2 aromatic carbocycles. The van der Waals surface area contributed by atoms with Crippen LogP contribution in [0, 0.1) is 0 Å². The van der Waals surface area contributed by atoms with Gasteiger partial charge >= 0.3 is 0 Å². The van der Waals surface area contributed by atoms with Crippen LogP contribution in [-0.2, 0) is 6.54 Å². The van der Waals surface area contributed by atoms with E-state index in [4.69, 9.17) is 27.8 Å². The van der Waals surface area contributed by atoms with Crippen LogP contribution in [0.15, 0.2) is 47.4 Å². The van der Waals surface area contributed by atoms with Crippen molar-refractivity contribution >= 4 is 35.3 Å². The highest BCUT2D eigenvalue weighted by atomic mass is 35.5. The summed E-state index contributed by atoms with van der Waals surface area (Å²) in [5, 5.41) is 8.06. The first-order chi connectivity index (χ1) is 11.6. The number of thioether (sulfide) groups is 1. The van der Waals surface area contributed by atoms with Gasteiger partial charge in [0.2, 0.25) is 11.9 Å². The number of aromatic nitrogens is 3. The minimum atomic E-state index is 0.225. The normalized spacial score (nSPS) is 10.8. The highest BCUT2D eigenvalue weighted by molar-refractivity contribution is 7.98. The maximum absolute atomic E-state index is 6.35. The summed E-state index contributed by atoms with van der Waals surface area (Å²) in [5.74, 6) is 1.80. The molecule has 4 N–H and O–H groups in total. The summed E-state index contributed by atoms with van der Waals surface area (Å²) in [6.45, 7) is 0.322. The zero-order valence-electron chi connectivity index (χ0n) is 12.9. The number of hydrogen-bond donors (Lipinski definition) is 2. The molecule has 0 unspecified atom stereocenters. The van der Waals surface area contributed by atoms with Gasteiger partial charge in [0, 0.05) is 15.5 Å². The fraction of sp³-hybridized carbons (Fsp3) is 0.125. The Labute approximate surface area is 148 Å². The molecule has 6 nitrogen and oxygen atoms in total. The van der Waals surface area contributed by atoms with Crippen molar-refractivity contribution in [2.24, 2.45) is 0 Å². The highest BCUT2D eigenvalue weighted by Gasteiger charge is 2.14. The van der Waals surface area contributed by atoms with E-state index in [0.29, 0.717) is 17.3 Å². The standard InChI is InChI=1S/C16H16ClN5OS/c1-24-11-7-5-10(6-8-11)23-14-4-2-3-13(17)12(14)9-22-15(18)20-21-16(22)19/h2-8H,9H2,1H3,(H2,18,20)(H2,19,21). The van der Waals surface area contributed by atoms with Gasteiger partial charge in [0.05, 0.1) is 6.54 Å². The second-order valence-electron chi connectivity index (χ2n) is 5.00. The maximum atomic E-state index is 6.35. The van der Waals surface area contributed by atoms with Crippen molar-refractivity contribution in [3.8, 4) is 11.5 Å².